The largest absolute Gasteiger partial charge is 0.378 e. The van der Waals surface area contributed by atoms with Crippen LogP contribution in [-0.4, -0.2) is 17.7 Å². The Bertz CT molecular complexity index is 257. The summed E-state index contributed by atoms with van der Waals surface area (Å²) in [6.07, 6.45) is 4.87. The minimum absolute atomic E-state index is 0.0457. The van der Waals surface area contributed by atoms with Crippen LogP contribution in [0.3, 0.4) is 0 Å². The highest BCUT2D eigenvalue weighted by atomic mass is 32.1. The molecule has 0 bridgehead atoms. The molecular formula is C10H16N2OS. The predicted molar refractivity (Wildman–Crippen MR) is 57.3 cm³/mol. The van der Waals surface area contributed by atoms with Gasteiger partial charge < -0.3 is 10.5 Å². The van der Waals surface area contributed by atoms with Crippen LogP contribution < -0.4 is 5.73 Å². The van der Waals surface area contributed by atoms with E-state index in [4.69, 9.17) is 10.5 Å². The molecule has 1 aromatic rings. The Hall–Kier alpha value is -0.450. The van der Waals surface area contributed by atoms with E-state index in [-0.39, 0.29) is 6.04 Å². The van der Waals surface area contributed by atoms with Crippen LogP contribution in [0.4, 0.5) is 0 Å². The van der Waals surface area contributed by atoms with E-state index in [9.17, 15) is 0 Å². The molecule has 1 saturated heterocycles. The molecule has 1 aromatic heterocycles. The number of rotatable bonds is 3. The fourth-order valence-electron chi connectivity index (χ4n) is 1.80. The Labute approximate surface area is 88.3 Å². The molecule has 1 fully saturated rings. The lowest BCUT2D eigenvalue weighted by Gasteiger charge is -2.24. The number of nitrogens with two attached hydrogens (primary N) is 1. The molecule has 0 spiro atoms. The van der Waals surface area contributed by atoms with Crippen LogP contribution >= 0.6 is 11.3 Å². The van der Waals surface area contributed by atoms with Crippen molar-refractivity contribution in [2.45, 2.75) is 37.8 Å². The normalized spacial score (nSPS) is 24.8. The average Bonchev–Trinajstić information content (AvgIpc) is 2.72. The maximum Gasteiger partial charge on any atom is 0.0795 e. The summed E-state index contributed by atoms with van der Waals surface area (Å²) in [5.74, 6) is 0. The summed E-state index contributed by atoms with van der Waals surface area (Å²) in [4.78, 5) is 4.22. The molecule has 0 radical (unpaired) electrons. The van der Waals surface area contributed by atoms with E-state index in [0.29, 0.717) is 6.10 Å². The van der Waals surface area contributed by atoms with E-state index in [1.54, 1.807) is 11.3 Å². The summed E-state index contributed by atoms with van der Waals surface area (Å²) in [5, 5.41) is 2.02. The molecule has 2 N–H and O–H groups in total. The molecule has 3 nitrogen and oxygen atoms in total. The van der Waals surface area contributed by atoms with Gasteiger partial charge in [-0.1, -0.05) is 0 Å². The third kappa shape index (κ3) is 2.53. The number of aromatic nitrogens is 1. The lowest BCUT2D eigenvalue weighted by atomic mass is 10.0. The van der Waals surface area contributed by atoms with E-state index in [1.165, 1.54) is 12.8 Å². The maximum atomic E-state index is 6.03. The van der Waals surface area contributed by atoms with Crippen molar-refractivity contribution in [2.24, 2.45) is 5.73 Å². The molecule has 2 rings (SSSR count). The van der Waals surface area contributed by atoms with Crippen LogP contribution in [-0.2, 0) is 4.74 Å². The van der Waals surface area contributed by atoms with Crippen molar-refractivity contribution in [3.05, 3.63) is 16.6 Å². The van der Waals surface area contributed by atoms with Crippen molar-refractivity contribution in [3.63, 3.8) is 0 Å². The van der Waals surface area contributed by atoms with Gasteiger partial charge in [-0.15, -0.1) is 11.3 Å². The van der Waals surface area contributed by atoms with Crippen LogP contribution in [0.5, 0.6) is 0 Å². The molecular weight excluding hydrogens is 196 g/mol. The highest BCUT2D eigenvalue weighted by Gasteiger charge is 2.18. The standard InChI is InChI=1S/C10H16N2OS/c11-9(10-6-14-7-12-10)5-8-3-1-2-4-13-8/h6-9H,1-5,11H2. The molecule has 0 amide bonds. The SMILES string of the molecule is NC(CC1CCCCO1)c1cscn1. The summed E-state index contributed by atoms with van der Waals surface area (Å²) in [6, 6.07) is 0.0457. The lowest BCUT2D eigenvalue weighted by Crippen LogP contribution is -2.25. The van der Waals surface area contributed by atoms with E-state index >= 15 is 0 Å². The van der Waals surface area contributed by atoms with Crippen molar-refractivity contribution in [1.82, 2.24) is 4.98 Å². The quantitative estimate of drug-likeness (QED) is 0.834. The fraction of sp³-hybridized carbons (Fsp3) is 0.700. The van der Waals surface area contributed by atoms with E-state index in [1.807, 2.05) is 10.9 Å². The van der Waals surface area contributed by atoms with Gasteiger partial charge in [-0.05, 0) is 25.7 Å². The van der Waals surface area contributed by atoms with Crippen molar-refractivity contribution in [3.8, 4) is 0 Å². The molecule has 2 unspecified atom stereocenters. The fourth-order valence-corrected chi connectivity index (χ4v) is 2.42. The number of hydrogen-bond acceptors (Lipinski definition) is 4. The highest BCUT2D eigenvalue weighted by Crippen LogP contribution is 2.22. The maximum absolute atomic E-state index is 6.03. The first-order valence-electron chi connectivity index (χ1n) is 5.11. The molecule has 0 aromatic carbocycles. The van der Waals surface area contributed by atoms with Crippen molar-refractivity contribution in [2.75, 3.05) is 6.61 Å². The number of thiazole rings is 1. The van der Waals surface area contributed by atoms with Gasteiger partial charge >= 0.3 is 0 Å². The molecule has 0 aliphatic carbocycles. The van der Waals surface area contributed by atoms with Gasteiger partial charge in [0.2, 0.25) is 0 Å². The molecule has 1 aliphatic rings. The van der Waals surface area contributed by atoms with Gasteiger partial charge in [0.25, 0.3) is 0 Å². The predicted octanol–water partition coefficient (Wildman–Crippen LogP) is 2.10. The second-order valence-electron chi connectivity index (χ2n) is 3.74. The third-order valence-corrected chi connectivity index (χ3v) is 3.23. The molecule has 78 valence electrons. The van der Waals surface area contributed by atoms with Gasteiger partial charge in [0.05, 0.1) is 23.4 Å². The number of hydrogen-bond donors (Lipinski definition) is 1. The first kappa shape index (κ1) is 10.1. The molecule has 14 heavy (non-hydrogen) atoms. The van der Waals surface area contributed by atoms with Gasteiger partial charge in [0.1, 0.15) is 0 Å². The zero-order valence-corrected chi connectivity index (χ0v) is 9.00. The topological polar surface area (TPSA) is 48.1 Å². The Morgan fingerprint density at radius 2 is 2.57 bits per heavy atom. The van der Waals surface area contributed by atoms with Gasteiger partial charge in [0.15, 0.2) is 0 Å². The first-order valence-corrected chi connectivity index (χ1v) is 6.06. The Balaban J connectivity index is 1.84. The molecule has 4 heteroatoms. The van der Waals surface area contributed by atoms with Crippen LogP contribution in [0, 0.1) is 0 Å². The van der Waals surface area contributed by atoms with E-state index in [0.717, 1.165) is 25.1 Å². The van der Waals surface area contributed by atoms with Gasteiger partial charge in [-0.25, -0.2) is 4.98 Å². The lowest BCUT2D eigenvalue weighted by molar-refractivity contribution is 0.00711. The summed E-state index contributed by atoms with van der Waals surface area (Å²) < 4.78 is 5.64. The Morgan fingerprint density at radius 3 is 3.21 bits per heavy atom. The van der Waals surface area contributed by atoms with Crippen LogP contribution in [0.1, 0.15) is 37.4 Å². The first-order chi connectivity index (χ1) is 6.86. The molecule has 2 heterocycles. The van der Waals surface area contributed by atoms with Crippen molar-refractivity contribution >= 4 is 11.3 Å². The third-order valence-electron chi connectivity index (χ3n) is 2.62. The monoisotopic (exact) mass is 212 g/mol. The number of ether oxygens (including phenoxy) is 1. The second-order valence-corrected chi connectivity index (χ2v) is 4.46. The van der Waals surface area contributed by atoms with Crippen LogP contribution in [0.25, 0.3) is 0 Å². The molecule has 1 aliphatic heterocycles. The Morgan fingerprint density at radius 1 is 1.64 bits per heavy atom. The van der Waals surface area contributed by atoms with E-state index in [2.05, 4.69) is 4.98 Å². The van der Waals surface area contributed by atoms with E-state index < -0.39 is 0 Å². The second kappa shape index (κ2) is 4.87. The average molecular weight is 212 g/mol. The minimum Gasteiger partial charge on any atom is -0.378 e. The van der Waals surface area contributed by atoms with Crippen LogP contribution in [0.2, 0.25) is 0 Å². The summed E-state index contributed by atoms with van der Waals surface area (Å²) >= 11 is 1.60. The summed E-state index contributed by atoms with van der Waals surface area (Å²) in [7, 11) is 0. The van der Waals surface area contributed by atoms with Gasteiger partial charge in [0, 0.05) is 12.0 Å². The van der Waals surface area contributed by atoms with Crippen LogP contribution in [0.15, 0.2) is 10.9 Å². The zero-order chi connectivity index (χ0) is 9.80. The summed E-state index contributed by atoms with van der Waals surface area (Å²) in [5.41, 5.74) is 8.87. The van der Waals surface area contributed by atoms with Crippen molar-refractivity contribution in [1.29, 1.82) is 0 Å². The minimum atomic E-state index is 0.0457. The summed E-state index contributed by atoms with van der Waals surface area (Å²) in [6.45, 7) is 0.897. The molecule has 2 atom stereocenters. The molecule has 0 saturated carbocycles. The zero-order valence-electron chi connectivity index (χ0n) is 8.19. The van der Waals surface area contributed by atoms with Gasteiger partial charge in [-0.3, -0.25) is 0 Å². The Kier molecular flexibility index (Phi) is 3.50. The van der Waals surface area contributed by atoms with Gasteiger partial charge in [-0.2, -0.15) is 0 Å². The highest BCUT2D eigenvalue weighted by molar-refractivity contribution is 7.07. The smallest absolute Gasteiger partial charge is 0.0795 e. The number of nitrogens with zero attached hydrogens (tertiary/aromatic N) is 1. The van der Waals surface area contributed by atoms with Crippen molar-refractivity contribution < 1.29 is 4.74 Å².